The van der Waals surface area contributed by atoms with Crippen molar-refractivity contribution in [1.82, 2.24) is 5.32 Å². The van der Waals surface area contributed by atoms with Crippen LogP contribution in [-0.4, -0.2) is 16.5 Å². The number of fused-ring (bicyclic) bond motifs is 1. The van der Waals surface area contributed by atoms with Crippen molar-refractivity contribution < 1.29 is 9.90 Å². The first-order valence-electron chi connectivity index (χ1n) is 8.10. The lowest BCUT2D eigenvalue weighted by molar-refractivity contribution is -0.133. The van der Waals surface area contributed by atoms with E-state index in [-0.39, 0.29) is 17.5 Å². The number of carbonyl (C=O) groups excluding carboxylic acids is 1. The molecule has 4 nitrogen and oxygen atoms in total. The molecule has 0 radical (unpaired) electrons. The lowest BCUT2D eigenvalue weighted by Gasteiger charge is -2.37. The monoisotopic (exact) mass is 302 g/mol. The molecule has 2 aliphatic rings. The highest BCUT2D eigenvalue weighted by Gasteiger charge is 2.49. The van der Waals surface area contributed by atoms with Crippen LogP contribution >= 0.6 is 0 Å². The topological polar surface area (TPSA) is 75.3 Å². The Kier molecular flexibility index (Phi) is 4.61. The standard InChI is InChI=1S/C16H20N2O2.C2H6/c1-3-9-4-5-10-6-7-12(11(10)8-9)18-14-13(17)15(19)16(14,2)20;1-2/h4-5,8,12,18,20H,3,6-7,17H2,1-2H3;1-2H3. The number of ketones is 1. The second-order valence-electron chi connectivity index (χ2n) is 5.81. The molecule has 1 aromatic rings. The number of benzene rings is 1. The number of rotatable bonds is 3. The molecule has 0 aromatic heterocycles. The SMILES string of the molecule is CC.CCc1ccc2c(c1)C(NC1=C(N)C(=O)C1(C)O)CC2. The van der Waals surface area contributed by atoms with Crippen LogP contribution in [0, 0.1) is 0 Å². The normalized spacial score (nSPS) is 26.0. The van der Waals surface area contributed by atoms with Crippen molar-refractivity contribution in [2.75, 3.05) is 0 Å². The fraction of sp³-hybridized carbons (Fsp3) is 0.500. The molecule has 0 saturated carbocycles. The van der Waals surface area contributed by atoms with Crippen molar-refractivity contribution in [3.63, 3.8) is 0 Å². The summed E-state index contributed by atoms with van der Waals surface area (Å²) in [6.07, 6.45) is 2.98. The summed E-state index contributed by atoms with van der Waals surface area (Å²) in [5.41, 5.74) is 8.79. The quantitative estimate of drug-likeness (QED) is 0.801. The highest BCUT2D eigenvalue weighted by Crippen LogP contribution is 2.37. The van der Waals surface area contributed by atoms with Gasteiger partial charge in [-0.25, -0.2) is 0 Å². The van der Waals surface area contributed by atoms with Gasteiger partial charge in [-0.05, 0) is 42.9 Å². The van der Waals surface area contributed by atoms with Gasteiger partial charge in [0.15, 0.2) is 5.60 Å². The van der Waals surface area contributed by atoms with Crippen LogP contribution in [-0.2, 0) is 17.6 Å². The predicted molar refractivity (Wildman–Crippen MR) is 88.2 cm³/mol. The highest BCUT2D eigenvalue weighted by atomic mass is 16.3. The molecule has 1 aromatic carbocycles. The van der Waals surface area contributed by atoms with Gasteiger partial charge in [-0.1, -0.05) is 39.0 Å². The molecule has 4 N–H and O–H groups in total. The fourth-order valence-electron chi connectivity index (χ4n) is 3.10. The van der Waals surface area contributed by atoms with Crippen molar-refractivity contribution in [1.29, 1.82) is 0 Å². The number of hydrogen-bond acceptors (Lipinski definition) is 4. The zero-order valence-corrected chi connectivity index (χ0v) is 13.9. The summed E-state index contributed by atoms with van der Waals surface area (Å²) in [7, 11) is 0. The zero-order chi connectivity index (χ0) is 16.5. The Balaban J connectivity index is 0.000000847. The first kappa shape index (κ1) is 16.6. The smallest absolute Gasteiger partial charge is 0.217 e. The van der Waals surface area contributed by atoms with Crippen molar-refractivity contribution in [2.45, 2.75) is 58.6 Å². The summed E-state index contributed by atoms with van der Waals surface area (Å²) < 4.78 is 0. The Morgan fingerprint density at radius 3 is 2.68 bits per heavy atom. The highest BCUT2D eigenvalue weighted by molar-refractivity contribution is 6.11. The molecule has 3 rings (SSSR count). The Labute approximate surface area is 132 Å². The third kappa shape index (κ3) is 2.52. The fourth-order valence-corrected chi connectivity index (χ4v) is 3.10. The van der Waals surface area contributed by atoms with Gasteiger partial charge >= 0.3 is 0 Å². The summed E-state index contributed by atoms with van der Waals surface area (Å²) >= 11 is 0. The van der Waals surface area contributed by atoms with E-state index in [4.69, 9.17) is 5.73 Å². The third-order valence-corrected chi connectivity index (χ3v) is 4.46. The van der Waals surface area contributed by atoms with E-state index < -0.39 is 5.60 Å². The lowest BCUT2D eigenvalue weighted by Crippen LogP contribution is -2.56. The van der Waals surface area contributed by atoms with E-state index in [1.54, 1.807) is 0 Å². The molecule has 2 unspecified atom stereocenters. The van der Waals surface area contributed by atoms with Crippen molar-refractivity contribution in [3.05, 3.63) is 46.3 Å². The van der Waals surface area contributed by atoms with Crippen molar-refractivity contribution in [2.24, 2.45) is 5.73 Å². The Bertz CT molecular complexity index is 618. The summed E-state index contributed by atoms with van der Waals surface area (Å²) in [4.78, 5) is 11.5. The number of Topliss-reactive ketones (excluding diaryl/α,β-unsaturated/α-hetero) is 1. The summed E-state index contributed by atoms with van der Waals surface area (Å²) in [6, 6.07) is 6.69. The maximum Gasteiger partial charge on any atom is 0.217 e. The molecule has 0 aliphatic heterocycles. The van der Waals surface area contributed by atoms with E-state index in [0.717, 1.165) is 19.3 Å². The zero-order valence-electron chi connectivity index (χ0n) is 13.9. The number of nitrogens with two attached hydrogens (primary N) is 1. The molecule has 120 valence electrons. The van der Waals surface area contributed by atoms with Crippen molar-refractivity contribution >= 4 is 5.78 Å². The number of aryl methyl sites for hydroxylation is 2. The van der Waals surface area contributed by atoms with E-state index in [1.807, 2.05) is 13.8 Å². The first-order valence-corrected chi connectivity index (χ1v) is 8.10. The van der Waals surface area contributed by atoms with Crippen molar-refractivity contribution in [3.8, 4) is 0 Å². The van der Waals surface area contributed by atoms with E-state index in [1.165, 1.54) is 23.6 Å². The van der Waals surface area contributed by atoms with Crippen LogP contribution in [0.15, 0.2) is 29.6 Å². The van der Waals surface area contributed by atoms with E-state index in [0.29, 0.717) is 5.70 Å². The number of aliphatic hydroxyl groups is 1. The Morgan fingerprint density at radius 1 is 1.41 bits per heavy atom. The second kappa shape index (κ2) is 6.13. The van der Waals surface area contributed by atoms with Gasteiger partial charge in [0.05, 0.1) is 11.7 Å². The minimum absolute atomic E-state index is 0.129. The molecule has 0 spiro atoms. The van der Waals surface area contributed by atoms with Crippen LogP contribution in [0.1, 0.15) is 56.8 Å². The van der Waals surface area contributed by atoms with E-state index in [2.05, 4.69) is 30.4 Å². The Hall–Kier alpha value is -1.81. The second-order valence-corrected chi connectivity index (χ2v) is 5.81. The molecule has 0 fully saturated rings. The van der Waals surface area contributed by atoms with Gasteiger partial charge in [0.2, 0.25) is 5.78 Å². The van der Waals surface area contributed by atoms with E-state index in [9.17, 15) is 9.90 Å². The lowest BCUT2D eigenvalue weighted by atomic mass is 9.81. The summed E-state index contributed by atoms with van der Waals surface area (Å²) in [5, 5.41) is 13.3. The largest absolute Gasteiger partial charge is 0.394 e. The third-order valence-electron chi connectivity index (χ3n) is 4.46. The van der Waals surface area contributed by atoms with Crippen LogP contribution in [0.25, 0.3) is 0 Å². The van der Waals surface area contributed by atoms with Crippen LogP contribution in [0.5, 0.6) is 0 Å². The Morgan fingerprint density at radius 2 is 2.09 bits per heavy atom. The average molecular weight is 302 g/mol. The molecule has 22 heavy (non-hydrogen) atoms. The predicted octanol–water partition coefficient (Wildman–Crippen LogP) is 2.36. The molecular weight excluding hydrogens is 276 g/mol. The van der Waals surface area contributed by atoms with Gasteiger partial charge in [0.1, 0.15) is 5.70 Å². The van der Waals surface area contributed by atoms with Crippen LogP contribution in [0.4, 0.5) is 0 Å². The summed E-state index contributed by atoms with van der Waals surface area (Å²) in [6.45, 7) is 7.63. The van der Waals surface area contributed by atoms with Crippen LogP contribution in [0.3, 0.4) is 0 Å². The molecule has 0 bridgehead atoms. The molecule has 2 aliphatic carbocycles. The number of hydrogen-bond donors (Lipinski definition) is 3. The maximum absolute atomic E-state index is 11.5. The molecule has 2 atom stereocenters. The number of nitrogens with one attached hydrogen (secondary N) is 1. The minimum Gasteiger partial charge on any atom is -0.394 e. The first-order chi connectivity index (χ1) is 10.4. The van der Waals surface area contributed by atoms with Gasteiger partial charge in [0.25, 0.3) is 0 Å². The van der Waals surface area contributed by atoms with Gasteiger partial charge < -0.3 is 16.2 Å². The van der Waals surface area contributed by atoms with Gasteiger partial charge in [-0.3, -0.25) is 4.79 Å². The van der Waals surface area contributed by atoms with Crippen LogP contribution in [0.2, 0.25) is 0 Å². The minimum atomic E-state index is -1.45. The van der Waals surface area contributed by atoms with Crippen LogP contribution < -0.4 is 11.1 Å². The van der Waals surface area contributed by atoms with Gasteiger partial charge in [-0.2, -0.15) is 0 Å². The molecule has 0 saturated heterocycles. The van der Waals surface area contributed by atoms with Gasteiger partial charge in [-0.15, -0.1) is 0 Å². The maximum atomic E-state index is 11.5. The summed E-state index contributed by atoms with van der Waals surface area (Å²) in [5.74, 6) is -0.388. The molecular formula is C18H26N2O2. The molecule has 0 heterocycles. The van der Waals surface area contributed by atoms with E-state index >= 15 is 0 Å². The molecule has 4 heteroatoms. The van der Waals surface area contributed by atoms with Gasteiger partial charge in [0, 0.05) is 0 Å². The average Bonchev–Trinajstić information content (AvgIpc) is 2.95. The molecule has 0 amide bonds. The number of carbonyl (C=O) groups is 1.